The van der Waals surface area contributed by atoms with Gasteiger partial charge in [-0.15, -0.1) is 11.6 Å². The van der Waals surface area contributed by atoms with E-state index in [1.807, 2.05) is 49.6 Å². The van der Waals surface area contributed by atoms with Gasteiger partial charge in [-0.1, -0.05) is 30.3 Å². The minimum absolute atomic E-state index is 0.0531. The summed E-state index contributed by atoms with van der Waals surface area (Å²) in [5.41, 5.74) is 3.68. The highest BCUT2D eigenvalue weighted by Crippen LogP contribution is 2.26. The van der Waals surface area contributed by atoms with Gasteiger partial charge in [0, 0.05) is 31.2 Å². The second-order valence-corrected chi connectivity index (χ2v) is 6.20. The lowest BCUT2D eigenvalue weighted by molar-refractivity contribution is 0.0782. The summed E-state index contributed by atoms with van der Waals surface area (Å²) in [6.07, 6.45) is 3.58. The first-order valence-corrected chi connectivity index (χ1v) is 8.08. The molecule has 0 spiro atoms. The van der Waals surface area contributed by atoms with E-state index in [1.54, 1.807) is 4.90 Å². The van der Waals surface area contributed by atoms with Crippen molar-refractivity contribution in [1.82, 2.24) is 9.88 Å². The Labute approximate surface area is 135 Å². The van der Waals surface area contributed by atoms with Crippen LogP contribution < -0.4 is 0 Å². The molecule has 0 radical (unpaired) electrons. The highest BCUT2D eigenvalue weighted by molar-refractivity contribution is 6.17. The lowest BCUT2D eigenvalue weighted by Gasteiger charge is -2.19. The Balaban J connectivity index is 2.00. The fourth-order valence-corrected chi connectivity index (χ4v) is 3.30. The van der Waals surface area contributed by atoms with E-state index < -0.39 is 0 Å². The van der Waals surface area contributed by atoms with Gasteiger partial charge in [0.25, 0.3) is 5.91 Å². The molecule has 1 atom stereocenters. The van der Waals surface area contributed by atoms with Crippen LogP contribution in [0.1, 0.15) is 22.5 Å². The molecular weight excluding hydrogens is 296 g/mol. The van der Waals surface area contributed by atoms with Crippen molar-refractivity contribution < 1.29 is 4.79 Å². The number of rotatable bonds is 3. The van der Waals surface area contributed by atoms with Gasteiger partial charge in [-0.05, 0) is 30.4 Å². The van der Waals surface area contributed by atoms with Crippen LogP contribution in [0.15, 0.2) is 42.6 Å². The van der Waals surface area contributed by atoms with Crippen LogP contribution in [0.4, 0.5) is 0 Å². The van der Waals surface area contributed by atoms with Gasteiger partial charge in [-0.25, -0.2) is 0 Å². The summed E-state index contributed by atoms with van der Waals surface area (Å²) in [4.78, 5) is 19.0. The van der Waals surface area contributed by atoms with E-state index in [9.17, 15) is 4.79 Å². The lowest BCUT2D eigenvalue weighted by Crippen LogP contribution is -2.30. The monoisotopic (exact) mass is 314 g/mol. The van der Waals surface area contributed by atoms with E-state index in [1.165, 1.54) is 0 Å². The normalized spacial score (nSPS) is 18.0. The summed E-state index contributed by atoms with van der Waals surface area (Å²) in [5, 5.41) is 0. The van der Waals surface area contributed by atoms with Gasteiger partial charge in [0.1, 0.15) is 0 Å². The number of nitrogens with zero attached hydrogens (tertiary/aromatic N) is 2. The van der Waals surface area contributed by atoms with Crippen molar-refractivity contribution >= 4 is 17.5 Å². The zero-order valence-corrected chi connectivity index (χ0v) is 13.4. The van der Waals surface area contributed by atoms with Crippen molar-refractivity contribution in [3.8, 4) is 11.1 Å². The first-order valence-electron chi connectivity index (χ1n) is 7.55. The number of carbonyl (C=O) groups excluding carboxylic acids is 1. The molecule has 2 heterocycles. The maximum atomic E-state index is 12.6. The van der Waals surface area contributed by atoms with Crippen LogP contribution in [0.25, 0.3) is 11.1 Å². The summed E-state index contributed by atoms with van der Waals surface area (Å²) >= 11 is 5.88. The third-order valence-corrected chi connectivity index (χ3v) is 4.40. The predicted octanol–water partition coefficient (Wildman–Crippen LogP) is 3.62. The Morgan fingerprint density at radius 1 is 1.27 bits per heavy atom. The lowest BCUT2D eigenvalue weighted by atomic mass is 9.97. The van der Waals surface area contributed by atoms with Crippen LogP contribution >= 0.6 is 11.6 Å². The maximum Gasteiger partial charge on any atom is 0.255 e. The second kappa shape index (κ2) is 6.49. The van der Waals surface area contributed by atoms with Gasteiger partial charge in [-0.2, -0.15) is 0 Å². The molecule has 22 heavy (non-hydrogen) atoms. The molecule has 0 bridgehead atoms. The van der Waals surface area contributed by atoms with E-state index in [4.69, 9.17) is 11.6 Å². The number of hydrogen-bond donors (Lipinski definition) is 0. The Bertz CT molecular complexity index is 672. The minimum Gasteiger partial charge on any atom is -0.341 e. The number of halogens is 1. The molecule has 3 nitrogen and oxygen atoms in total. The molecule has 1 aliphatic rings. The molecule has 1 aliphatic heterocycles. The zero-order chi connectivity index (χ0) is 15.5. The minimum atomic E-state index is 0.0531. The molecule has 0 saturated carbocycles. The van der Waals surface area contributed by atoms with Crippen LogP contribution in [-0.4, -0.2) is 35.3 Å². The molecule has 0 saturated heterocycles. The molecule has 4 heteroatoms. The summed E-state index contributed by atoms with van der Waals surface area (Å²) in [6.45, 7) is 0.739. The van der Waals surface area contributed by atoms with Crippen molar-refractivity contribution in [2.75, 3.05) is 19.5 Å². The summed E-state index contributed by atoms with van der Waals surface area (Å²) in [6, 6.07) is 12.0. The van der Waals surface area contributed by atoms with Crippen LogP contribution in [0.5, 0.6) is 0 Å². The number of amides is 1. The molecule has 0 N–H and O–H groups in total. The largest absolute Gasteiger partial charge is 0.341 e. The first kappa shape index (κ1) is 15.0. The molecule has 1 aromatic carbocycles. The average molecular weight is 315 g/mol. The fourth-order valence-electron chi connectivity index (χ4n) is 2.99. The first-order chi connectivity index (χ1) is 10.7. The number of carbonyl (C=O) groups is 1. The molecule has 1 aromatic heterocycles. The molecular formula is C18H19ClN2O. The van der Waals surface area contributed by atoms with Crippen LogP contribution in [0.3, 0.4) is 0 Å². The highest BCUT2D eigenvalue weighted by Gasteiger charge is 2.26. The topological polar surface area (TPSA) is 33.2 Å². The van der Waals surface area contributed by atoms with Crippen molar-refractivity contribution in [2.45, 2.75) is 12.8 Å². The fraction of sp³-hybridized carbons (Fsp3) is 0.333. The molecule has 0 aliphatic carbocycles. The maximum absolute atomic E-state index is 12.6. The van der Waals surface area contributed by atoms with Crippen LogP contribution in [0.2, 0.25) is 0 Å². The Morgan fingerprint density at radius 2 is 2.05 bits per heavy atom. The second-order valence-electron chi connectivity index (χ2n) is 5.82. The summed E-state index contributed by atoms with van der Waals surface area (Å²) in [5.74, 6) is 1.05. The molecule has 2 aromatic rings. The van der Waals surface area contributed by atoms with Gasteiger partial charge in [0.15, 0.2) is 0 Å². The SMILES string of the molecule is CN1CC(CCCl)Cc2ncc(-c3ccccc3)cc2C1=O. The third kappa shape index (κ3) is 3.00. The summed E-state index contributed by atoms with van der Waals surface area (Å²) < 4.78 is 0. The Hall–Kier alpha value is -1.87. The van der Waals surface area contributed by atoms with Gasteiger partial charge < -0.3 is 4.90 Å². The number of pyridine rings is 1. The number of fused-ring (bicyclic) bond motifs is 1. The molecule has 0 fully saturated rings. The van der Waals surface area contributed by atoms with E-state index in [2.05, 4.69) is 4.98 Å². The van der Waals surface area contributed by atoms with E-state index in [0.29, 0.717) is 11.8 Å². The van der Waals surface area contributed by atoms with Crippen LogP contribution in [-0.2, 0) is 6.42 Å². The Kier molecular flexibility index (Phi) is 4.44. The smallest absolute Gasteiger partial charge is 0.255 e. The van der Waals surface area contributed by atoms with Crippen LogP contribution in [0, 0.1) is 5.92 Å². The Morgan fingerprint density at radius 3 is 2.77 bits per heavy atom. The molecule has 1 unspecified atom stereocenters. The summed E-state index contributed by atoms with van der Waals surface area (Å²) in [7, 11) is 1.86. The predicted molar refractivity (Wildman–Crippen MR) is 89.2 cm³/mol. The van der Waals surface area contributed by atoms with E-state index >= 15 is 0 Å². The standard InChI is InChI=1S/C18H19ClN2O/c1-21-12-13(7-8-19)9-17-16(18(21)22)10-15(11-20-17)14-5-3-2-4-6-14/h2-6,10-11,13H,7-9,12H2,1H3. The number of alkyl halides is 1. The van der Waals surface area contributed by atoms with E-state index in [0.717, 1.165) is 41.8 Å². The molecule has 114 valence electrons. The van der Waals surface area contributed by atoms with Gasteiger partial charge in [0.2, 0.25) is 0 Å². The number of hydrogen-bond acceptors (Lipinski definition) is 2. The number of aromatic nitrogens is 1. The van der Waals surface area contributed by atoms with Crippen molar-refractivity contribution in [2.24, 2.45) is 5.92 Å². The van der Waals surface area contributed by atoms with Crippen molar-refractivity contribution in [3.05, 3.63) is 53.9 Å². The van der Waals surface area contributed by atoms with Crippen molar-refractivity contribution in [1.29, 1.82) is 0 Å². The van der Waals surface area contributed by atoms with Gasteiger partial charge >= 0.3 is 0 Å². The van der Waals surface area contributed by atoms with Crippen molar-refractivity contribution in [3.63, 3.8) is 0 Å². The molecule has 1 amide bonds. The third-order valence-electron chi connectivity index (χ3n) is 4.19. The van der Waals surface area contributed by atoms with E-state index in [-0.39, 0.29) is 5.91 Å². The average Bonchev–Trinajstić information content (AvgIpc) is 2.66. The van der Waals surface area contributed by atoms with Gasteiger partial charge in [0.05, 0.1) is 11.3 Å². The quantitative estimate of drug-likeness (QED) is 0.811. The zero-order valence-electron chi connectivity index (χ0n) is 12.6. The number of benzene rings is 1. The van der Waals surface area contributed by atoms with Gasteiger partial charge in [-0.3, -0.25) is 9.78 Å². The molecule has 3 rings (SSSR count). The highest BCUT2D eigenvalue weighted by atomic mass is 35.5.